The molecule has 2 aliphatic heterocycles. The summed E-state index contributed by atoms with van der Waals surface area (Å²) in [5, 5.41) is 25.8. The summed E-state index contributed by atoms with van der Waals surface area (Å²) in [4.78, 5) is 37.3. The second-order valence-corrected chi connectivity index (χ2v) is 13.8. The number of ether oxygens (including phenoxy) is 6. The van der Waals surface area contributed by atoms with E-state index in [1.807, 2.05) is 48.5 Å². The maximum Gasteiger partial charge on any atom is 0.407 e. The molecule has 4 N–H and O–H groups in total. The Morgan fingerprint density at radius 3 is 2.14 bits per heavy atom. The van der Waals surface area contributed by atoms with Gasteiger partial charge in [0.05, 0.1) is 6.61 Å². The van der Waals surface area contributed by atoms with E-state index in [9.17, 15) is 24.6 Å². The van der Waals surface area contributed by atoms with Gasteiger partial charge in [0.1, 0.15) is 42.8 Å². The van der Waals surface area contributed by atoms with Crippen LogP contribution < -0.4 is 15.4 Å². The van der Waals surface area contributed by atoms with Crippen LogP contribution in [-0.2, 0) is 39.7 Å². The number of amides is 2. The molecule has 13 heteroatoms. The van der Waals surface area contributed by atoms with E-state index in [0.29, 0.717) is 11.3 Å². The Morgan fingerprint density at radius 2 is 1.53 bits per heavy atom. The summed E-state index contributed by atoms with van der Waals surface area (Å²) in [6, 6.07) is 21.2. The summed E-state index contributed by atoms with van der Waals surface area (Å²) in [6.45, 7) is 7.01. The van der Waals surface area contributed by atoms with Crippen LogP contribution in [-0.4, -0.2) is 96.6 Å². The minimum absolute atomic E-state index is 0.00153. The molecule has 13 nitrogen and oxygen atoms in total. The van der Waals surface area contributed by atoms with Crippen molar-refractivity contribution in [2.24, 2.45) is 0 Å². The molecular weight excluding hydrogens is 660 g/mol. The first-order valence-corrected chi connectivity index (χ1v) is 17.0. The Bertz CT molecular complexity index is 1680. The Labute approximate surface area is 296 Å². The van der Waals surface area contributed by atoms with Crippen molar-refractivity contribution >= 4 is 18.0 Å². The standard InChI is InChI=1S/C38H44N2O11/c1-37(2)48-20-31(49-37)34-33(50-38(3,4)51-34)30(41)18-39-32(42)21-46-23-15-13-22(14-16-23)17-29(35(43)44)40-36(45)47-19-28-26-11-7-5-9-24(26)25-10-6-8-12-27(25)28/h5-16,28-31,33-34,41H,17-21H2,1-4H3,(H,39,42)(H,40,45)(H,43,44)/t29-,30-,31+,33+,34+/m0/s1. The van der Waals surface area contributed by atoms with Gasteiger partial charge in [-0.05, 0) is 67.6 Å². The fourth-order valence-corrected chi connectivity index (χ4v) is 6.75. The fourth-order valence-electron chi connectivity index (χ4n) is 6.75. The number of carboxylic acids is 1. The highest BCUT2D eigenvalue weighted by atomic mass is 16.8. The third-order valence-electron chi connectivity index (χ3n) is 9.11. The van der Waals surface area contributed by atoms with E-state index < -0.39 is 60.0 Å². The van der Waals surface area contributed by atoms with Crippen LogP contribution in [0.3, 0.4) is 0 Å². The van der Waals surface area contributed by atoms with Gasteiger partial charge < -0.3 is 49.3 Å². The number of rotatable bonds is 13. The molecule has 2 fully saturated rings. The molecule has 0 radical (unpaired) electrons. The lowest BCUT2D eigenvalue weighted by atomic mass is 9.98. The molecule has 0 unspecified atom stereocenters. The Kier molecular flexibility index (Phi) is 10.7. The summed E-state index contributed by atoms with van der Waals surface area (Å²) >= 11 is 0. The van der Waals surface area contributed by atoms with Gasteiger partial charge in [0.25, 0.3) is 5.91 Å². The summed E-state index contributed by atoms with van der Waals surface area (Å²) in [5.74, 6) is -3.18. The molecule has 5 atom stereocenters. The molecule has 3 aromatic rings. The van der Waals surface area contributed by atoms with Crippen LogP contribution in [0.25, 0.3) is 11.1 Å². The highest BCUT2D eigenvalue weighted by molar-refractivity contribution is 5.81. The maximum atomic E-state index is 12.7. The monoisotopic (exact) mass is 704 g/mol. The molecule has 2 heterocycles. The summed E-state index contributed by atoms with van der Waals surface area (Å²) in [7, 11) is 0. The number of benzene rings is 3. The van der Waals surface area contributed by atoms with Crippen molar-refractivity contribution in [2.75, 3.05) is 26.4 Å². The zero-order valence-electron chi connectivity index (χ0n) is 29.0. The zero-order chi connectivity index (χ0) is 36.3. The first kappa shape index (κ1) is 36.3. The van der Waals surface area contributed by atoms with Gasteiger partial charge in [-0.3, -0.25) is 4.79 Å². The van der Waals surface area contributed by atoms with Crippen LogP contribution in [0.15, 0.2) is 72.8 Å². The van der Waals surface area contributed by atoms with Crippen molar-refractivity contribution in [3.05, 3.63) is 89.5 Å². The predicted octanol–water partition coefficient (Wildman–Crippen LogP) is 3.75. The van der Waals surface area contributed by atoms with Crippen LogP contribution in [0.4, 0.5) is 4.79 Å². The third-order valence-corrected chi connectivity index (χ3v) is 9.11. The van der Waals surface area contributed by atoms with Crippen molar-refractivity contribution in [3.63, 3.8) is 0 Å². The SMILES string of the molecule is CC1(C)O[C@H]([C@@H](O)CNC(=O)COc2ccc(C[C@H](NC(=O)OCC3c4ccccc4-c4ccccc43)C(=O)O)cc2)[C@@H]([C@H]2COC(C)(C)O2)O1. The molecule has 2 amide bonds. The largest absolute Gasteiger partial charge is 0.484 e. The van der Waals surface area contributed by atoms with Crippen LogP contribution in [0.5, 0.6) is 5.75 Å². The number of carbonyl (C=O) groups excluding carboxylic acids is 2. The number of hydrogen-bond acceptors (Lipinski definition) is 10. The van der Waals surface area contributed by atoms with Crippen molar-refractivity contribution < 1.29 is 53.0 Å². The minimum Gasteiger partial charge on any atom is -0.484 e. The third kappa shape index (κ3) is 8.68. The number of nitrogens with one attached hydrogen (secondary N) is 2. The summed E-state index contributed by atoms with van der Waals surface area (Å²) in [5.41, 5.74) is 4.92. The Balaban J connectivity index is 0.948. The average Bonchev–Trinajstić information content (AvgIpc) is 3.75. The molecule has 0 saturated carbocycles. The molecule has 1 aliphatic carbocycles. The first-order valence-electron chi connectivity index (χ1n) is 17.0. The second kappa shape index (κ2) is 15.0. The molecule has 3 aliphatic rings. The van der Waals surface area contributed by atoms with Crippen molar-refractivity contribution in [3.8, 4) is 16.9 Å². The molecule has 3 aromatic carbocycles. The van der Waals surface area contributed by atoms with Crippen LogP contribution in [0, 0.1) is 0 Å². The van der Waals surface area contributed by atoms with Gasteiger partial charge >= 0.3 is 12.1 Å². The van der Waals surface area contributed by atoms with Gasteiger partial charge in [0.15, 0.2) is 18.2 Å². The van der Waals surface area contributed by atoms with Crippen molar-refractivity contribution in [1.29, 1.82) is 0 Å². The maximum absolute atomic E-state index is 12.7. The Hall–Kier alpha value is -4.53. The number of hydrogen-bond donors (Lipinski definition) is 4. The van der Waals surface area contributed by atoms with E-state index in [-0.39, 0.29) is 38.7 Å². The van der Waals surface area contributed by atoms with Gasteiger partial charge in [0.2, 0.25) is 0 Å². The number of carboxylic acid groups (broad SMARTS) is 1. The molecule has 0 spiro atoms. The van der Waals surface area contributed by atoms with E-state index in [0.717, 1.165) is 22.3 Å². The minimum atomic E-state index is -1.23. The van der Waals surface area contributed by atoms with Crippen LogP contribution >= 0.6 is 0 Å². The molecule has 2 saturated heterocycles. The number of aliphatic hydroxyl groups excluding tert-OH is 1. The van der Waals surface area contributed by atoms with Gasteiger partial charge in [-0.2, -0.15) is 0 Å². The number of aliphatic hydroxyl groups is 1. The highest BCUT2D eigenvalue weighted by Gasteiger charge is 2.52. The molecule has 6 rings (SSSR count). The van der Waals surface area contributed by atoms with Crippen molar-refractivity contribution in [1.82, 2.24) is 10.6 Å². The Morgan fingerprint density at radius 1 is 0.882 bits per heavy atom. The van der Waals surface area contributed by atoms with Gasteiger partial charge in [-0.15, -0.1) is 0 Å². The topological polar surface area (TPSA) is 171 Å². The summed E-state index contributed by atoms with van der Waals surface area (Å²) < 4.78 is 34.6. The van der Waals surface area contributed by atoms with E-state index in [1.54, 1.807) is 52.0 Å². The molecule has 0 aromatic heterocycles. The van der Waals surface area contributed by atoms with Gasteiger partial charge in [0, 0.05) is 18.9 Å². The molecule has 0 bridgehead atoms. The summed E-state index contributed by atoms with van der Waals surface area (Å²) in [6.07, 6.45) is -3.72. The highest BCUT2D eigenvalue weighted by Crippen LogP contribution is 2.44. The average molecular weight is 705 g/mol. The number of fused-ring (bicyclic) bond motifs is 3. The first-order chi connectivity index (χ1) is 24.3. The quantitative estimate of drug-likeness (QED) is 0.204. The lowest BCUT2D eigenvalue weighted by Gasteiger charge is -2.26. The van der Waals surface area contributed by atoms with Crippen LogP contribution in [0.2, 0.25) is 0 Å². The molecule has 51 heavy (non-hydrogen) atoms. The van der Waals surface area contributed by atoms with Crippen molar-refractivity contribution in [2.45, 2.75) is 82.1 Å². The normalized spacial score (nSPS) is 22.7. The van der Waals surface area contributed by atoms with E-state index >= 15 is 0 Å². The van der Waals surface area contributed by atoms with E-state index in [1.165, 1.54) is 0 Å². The predicted molar refractivity (Wildman–Crippen MR) is 183 cm³/mol. The van der Waals surface area contributed by atoms with Gasteiger partial charge in [-0.1, -0.05) is 60.7 Å². The second-order valence-electron chi connectivity index (χ2n) is 13.8. The number of alkyl carbamates (subject to hydrolysis) is 1. The van der Waals surface area contributed by atoms with E-state index in [4.69, 9.17) is 28.4 Å². The molecular formula is C38H44N2O11. The van der Waals surface area contributed by atoms with Gasteiger partial charge in [-0.25, -0.2) is 9.59 Å². The lowest BCUT2D eigenvalue weighted by Crippen LogP contribution is -2.48. The number of carbonyl (C=O) groups is 3. The smallest absolute Gasteiger partial charge is 0.407 e. The van der Waals surface area contributed by atoms with Crippen LogP contribution in [0.1, 0.15) is 50.3 Å². The fraction of sp³-hybridized carbons (Fsp3) is 0.447. The number of aliphatic carboxylic acids is 1. The lowest BCUT2D eigenvalue weighted by molar-refractivity contribution is -0.175. The van der Waals surface area contributed by atoms with E-state index in [2.05, 4.69) is 10.6 Å². The molecule has 272 valence electrons. The zero-order valence-corrected chi connectivity index (χ0v) is 29.0.